The van der Waals surface area contributed by atoms with Gasteiger partial charge in [0.25, 0.3) is 0 Å². The van der Waals surface area contributed by atoms with Crippen molar-refractivity contribution >= 4 is 28.7 Å². The van der Waals surface area contributed by atoms with E-state index in [0.29, 0.717) is 11.7 Å². The highest BCUT2D eigenvalue weighted by Crippen LogP contribution is 2.23. The van der Waals surface area contributed by atoms with Crippen LogP contribution in [0.5, 0.6) is 5.75 Å². The molecule has 6 heteroatoms. The molecule has 28 heavy (non-hydrogen) atoms. The van der Waals surface area contributed by atoms with Gasteiger partial charge in [0.15, 0.2) is 5.11 Å². The summed E-state index contributed by atoms with van der Waals surface area (Å²) in [6.07, 6.45) is 0. The zero-order valence-corrected chi connectivity index (χ0v) is 17.8. The second-order valence-electron chi connectivity index (χ2n) is 6.88. The molecule has 0 aliphatic carbocycles. The smallest absolute Gasteiger partial charge is 0.175 e. The van der Waals surface area contributed by atoms with Crippen molar-refractivity contribution in [2.45, 2.75) is 34.2 Å². The van der Waals surface area contributed by atoms with Gasteiger partial charge in [0.1, 0.15) is 5.75 Å². The van der Waals surface area contributed by atoms with Crippen molar-refractivity contribution in [2.75, 3.05) is 17.7 Å². The lowest BCUT2D eigenvalue weighted by atomic mass is 10.1. The molecule has 3 aromatic rings. The molecule has 0 radical (unpaired) electrons. The normalized spacial score (nSPS) is 10.6. The van der Waals surface area contributed by atoms with E-state index in [1.54, 1.807) is 7.11 Å². The number of benzene rings is 2. The van der Waals surface area contributed by atoms with Crippen LogP contribution in [-0.4, -0.2) is 22.0 Å². The van der Waals surface area contributed by atoms with E-state index in [1.807, 2.05) is 48.9 Å². The third kappa shape index (κ3) is 4.34. The standard InChI is InChI=1S/C22H26N4OS/c1-14-8-6-11-20(15(14)2)23-22(28)24-21-16(3)25-26(17(21)4)13-18-9-7-10-19(12-18)27-5/h6-12H,13H2,1-5H3,(H2,23,24,28). The lowest BCUT2D eigenvalue weighted by Crippen LogP contribution is -2.20. The van der Waals surface area contributed by atoms with E-state index in [4.69, 9.17) is 17.0 Å². The van der Waals surface area contributed by atoms with Crippen LogP contribution in [0.4, 0.5) is 11.4 Å². The number of aromatic nitrogens is 2. The summed E-state index contributed by atoms with van der Waals surface area (Å²) in [5.74, 6) is 0.844. The minimum Gasteiger partial charge on any atom is -0.497 e. The molecule has 146 valence electrons. The first-order valence-corrected chi connectivity index (χ1v) is 9.61. The van der Waals surface area contributed by atoms with Crippen LogP contribution in [0, 0.1) is 27.7 Å². The van der Waals surface area contributed by atoms with E-state index < -0.39 is 0 Å². The lowest BCUT2D eigenvalue weighted by molar-refractivity contribution is 0.414. The topological polar surface area (TPSA) is 51.1 Å². The highest BCUT2D eigenvalue weighted by molar-refractivity contribution is 7.80. The summed E-state index contributed by atoms with van der Waals surface area (Å²) in [6.45, 7) is 8.88. The number of nitrogens with zero attached hydrogens (tertiary/aromatic N) is 2. The van der Waals surface area contributed by atoms with Gasteiger partial charge in [-0.05, 0) is 74.8 Å². The summed E-state index contributed by atoms with van der Waals surface area (Å²) in [4.78, 5) is 0. The number of hydrogen-bond acceptors (Lipinski definition) is 3. The Morgan fingerprint density at radius 2 is 1.82 bits per heavy atom. The third-order valence-corrected chi connectivity index (χ3v) is 5.14. The van der Waals surface area contributed by atoms with Crippen molar-refractivity contribution in [3.05, 3.63) is 70.5 Å². The van der Waals surface area contributed by atoms with E-state index >= 15 is 0 Å². The molecule has 0 atom stereocenters. The highest BCUT2D eigenvalue weighted by Gasteiger charge is 2.14. The Labute approximate surface area is 171 Å². The van der Waals surface area contributed by atoms with Crippen molar-refractivity contribution in [3.8, 4) is 5.75 Å². The molecule has 0 unspecified atom stereocenters. The number of hydrogen-bond donors (Lipinski definition) is 2. The van der Waals surface area contributed by atoms with Crippen LogP contribution >= 0.6 is 12.2 Å². The fourth-order valence-electron chi connectivity index (χ4n) is 3.13. The number of nitrogens with one attached hydrogen (secondary N) is 2. The second kappa shape index (κ2) is 8.44. The molecule has 1 heterocycles. The van der Waals surface area contributed by atoms with E-state index in [1.165, 1.54) is 11.1 Å². The zero-order valence-electron chi connectivity index (χ0n) is 17.0. The van der Waals surface area contributed by atoms with Crippen molar-refractivity contribution in [1.29, 1.82) is 0 Å². The fourth-order valence-corrected chi connectivity index (χ4v) is 3.34. The molecule has 1 aromatic heterocycles. The minimum absolute atomic E-state index is 0.556. The highest BCUT2D eigenvalue weighted by atomic mass is 32.1. The molecule has 0 aliphatic heterocycles. The SMILES string of the molecule is COc1cccc(Cn2nc(C)c(NC(=S)Nc3cccc(C)c3C)c2C)c1. The van der Waals surface area contributed by atoms with Crippen molar-refractivity contribution < 1.29 is 4.74 Å². The first kappa shape index (κ1) is 19.9. The van der Waals surface area contributed by atoms with Gasteiger partial charge >= 0.3 is 0 Å². The molecule has 0 saturated heterocycles. The minimum atomic E-state index is 0.556. The molecule has 0 spiro atoms. The van der Waals surface area contributed by atoms with E-state index in [0.717, 1.165) is 34.1 Å². The van der Waals surface area contributed by atoms with Gasteiger partial charge in [-0.3, -0.25) is 4.68 Å². The van der Waals surface area contributed by atoms with E-state index in [9.17, 15) is 0 Å². The van der Waals surface area contributed by atoms with E-state index in [2.05, 4.69) is 41.7 Å². The lowest BCUT2D eigenvalue weighted by Gasteiger charge is -2.14. The van der Waals surface area contributed by atoms with Gasteiger partial charge in [-0.1, -0.05) is 24.3 Å². The Bertz CT molecular complexity index is 1010. The van der Waals surface area contributed by atoms with Crippen molar-refractivity contribution in [1.82, 2.24) is 9.78 Å². The number of aryl methyl sites for hydroxylation is 2. The maximum Gasteiger partial charge on any atom is 0.175 e. The van der Waals surface area contributed by atoms with Crippen molar-refractivity contribution in [3.63, 3.8) is 0 Å². The number of thiocarbonyl (C=S) groups is 1. The third-order valence-electron chi connectivity index (χ3n) is 4.94. The summed E-state index contributed by atoms with van der Waals surface area (Å²) in [7, 11) is 1.67. The molecule has 0 fully saturated rings. The van der Waals surface area contributed by atoms with Crippen LogP contribution in [0.2, 0.25) is 0 Å². The van der Waals surface area contributed by atoms with Gasteiger partial charge in [-0.25, -0.2) is 0 Å². The Morgan fingerprint density at radius 1 is 1.07 bits per heavy atom. The molecule has 0 bridgehead atoms. The van der Waals surface area contributed by atoms with Crippen molar-refractivity contribution in [2.24, 2.45) is 0 Å². The Hall–Kier alpha value is -2.86. The molecule has 2 aromatic carbocycles. The molecule has 0 amide bonds. The zero-order chi connectivity index (χ0) is 20.3. The van der Waals surface area contributed by atoms with Gasteiger partial charge in [0.05, 0.1) is 30.7 Å². The summed E-state index contributed by atoms with van der Waals surface area (Å²) < 4.78 is 7.29. The van der Waals surface area contributed by atoms with Crippen LogP contribution in [0.25, 0.3) is 0 Å². The average Bonchev–Trinajstić information content (AvgIpc) is 2.93. The maximum absolute atomic E-state index is 5.54. The second-order valence-corrected chi connectivity index (χ2v) is 7.29. The molecule has 0 aliphatic rings. The number of ether oxygens (including phenoxy) is 1. The maximum atomic E-state index is 5.54. The summed E-state index contributed by atoms with van der Waals surface area (Å²) in [5.41, 5.74) is 7.44. The van der Waals surface area contributed by atoms with Crippen LogP contribution in [0.1, 0.15) is 28.1 Å². The van der Waals surface area contributed by atoms with Gasteiger partial charge in [0.2, 0.25) is 0 Å². The number of anilines is 2. The summed E-state index contributed by atoms with van der Waals surface area (Å²) in [6, 6.07) is 14.2. The largest absolute Gasteiger partial charge is 0.497 e. The molecular weight excluding hydrogens is 368 g/mol. The van der Waals surface area contributed by atoms with Gasteiger partial charge < -0.3 is 15.4 Å². The predicted molar refractivity (Wildman–Crippen MR) is 120 cm³/mol. The molecule has 2 N–H and O–H groups in total. The first-order valence-electron chi connectivity index (χ1n) is 9.20. The monoisotopic (exact) mass is 394 g/mol. The Morgan fingerprint density at radius 3 is 2.57 bits per heavy atom. The fraction of sp³-hybridized carbons (Fsp3) is 0.273. The predicted octanol–water partition coefficient (Wildman–Crippen LogP) is 4.98. The number of methoxy groups -OCH3 is 1. The summed E-state index contributed by atoms with van der Waals surface area (Å²) in [5, 5.41) is 11.8. The van der Waals surface area contributed by atoms with Crippen LogP contribution in [0.3, 0.4) is 0 Å². The summed E-state index contributed by atoms with van der Waals surface area (Å²) >= 11 is 5.54. The molecule has 0 saturated carbocycles. The van der Waals surface area contributed by atoms with Gasteiger partial charge in [-0.2, -0.15) is 5.10 Å². The quantitative estimate of drug-likeness (QED) is 0.598. The molecule has 5 nitrogen and oxygen atoms in total. The van der Waals surface area contributed by atoms with Crippen LogP contribution < -0.4 is 15.4 Å². The number of rotatable bonds is 5. The van der Waals surface area contributed by atoms with Gasteiger partial charge in [-0.15, -0.1) is 0 Å². The molecular formula is C22H26N4OS. The first-order chi connectivity index (χ1) is 13.4. The average molecular weight is 395 g/mol. The van der Waals surface area contributed by atoms with E-state index in [-0.39, 0.29) is 0 Å². The molecule has 3 rings (SSSR count). The van der Waals surface area contributed by atoms with Crippen LogP contribution in [-0.2, 0) is 6.54 Å². The Kier molecular flexibility index (Phi) is 5.99. The van der Waals surface area contributed by atoms with Gasteiger partial charge in [0, 0.05) is 5.69 Å². The Balaban J connectivity index is 1.76. The van der Waals surface area contributed by atoms with Crippen LogP contribution in [0.15, 0.2) is 42.5 Å².